The Bertz CT molecular complexity index is 551. The molecule has 2 rings (SSSR count). The second-order valence-corrected chi connectivity index (χ2v) is 4.23. The van der Waals surface area contributed by atoms with Crippen LogP contribution in [0.2, 0.25) is 0 Å². The third kappa shape index (κ3) is 2.78. The van der Waals surface area contributed by atoms with Crippen LogP contribution in [0.25, 0.3) is 0 Å². The molecule has 0 bridgehead atoms. The summed E-state index contributed by atoms with van der Waals surface area (Å²) in [6, 6.07) is 11.8. The number of aromatic nitrogens is 2. The quantitative estimate of drug-likeness (QED) is 0.845. The Morgan fingerprint density at radius 2 is 2.00 bits per heavy atom. The van der Waals surface area contributed by atoms with E-state index in [9.17, 15) is 0 Å². The Kier molecular flexibility index (Phi) is 3.66. The number of nitrogens with one attached hydrogen (secondary N) is 1. The van der Waals surface area contributed by atoms with Gasteiger partial charge in [-0.2, -0.15) is 0 Å². The van der Waals surface area contributed by atoms with Gasteiger partial charge in [0.2, 0.25) is 0 Å². The molecule has 17 heavy (non-hydrogen) atoms. The normalized spacial score (nSPS) is 12.4. The number of ether oxygens (including phenoxy) is 1. The summed E-state index contributed by atoms with van der Waals surface area (Å²) in [4.78, 5) is 7.51. The molecule has 0 amide bonds. The summed E-state index contributed by atoms with van der Waals surface area (Å²) in [5, 5.41) is 0. The summed E-state index contributed by atoms with van der Waals surface area (Å²) in [6.07, 6.45) is -0.210. The molecule has 1 unspecified atom stereocenters. The van der Waals surface area contributed by atoms with E-state index in [1.807, 2.05) is 43.3 Å². The number of aryl methyl sites for hydroxylation is 1. The minimum Gasteiger partial charge on any atom is -0.369 e. The van der Waals surface area contributed by atoms with Crippen LogP contribution in [0.1, 0.15) is 23.2 Å². The van der Waals surface area contributed by atoms with Crippen LogP contribution in [0.15, 0.2) is 36.4 Å². The van der Waals surface area contributed by atoms with E-state index in [4.69, 9.17) is 17.0 Å². The number of rotatable bonds is 3. The van der Waals surface area contributed by atoms with Gasteiger partial charge in [0, 0.05) is 12.8 Å². The summed E-state index contributed by atoms with van der Waals surface area (Å²) in [5.41, 5.74) is 2.04. The van der Waals surface area contributed by atoms with Crippen molar-refractivity contribution in [2.45, 2.75) is 13.0 Å². The second kappa shape index (κ2) is 5.21. The van der Waals surface area contributed by atoms with Crippen LogP contribution in [0.5, 0.6) is 0 Å². The number of H-pyrrole nitrogens is 1. The van der Waals surface area contributed by atoms with Crippen LogP contribution in [-0.2, 0) is 4.74 Å². The molecule has 0 radical (unpaired) electrons. The predicted octanol–water partition coefficient (Wildman–Crippen LogP) is 3.18. The zero-order valence-corrected chi connectivity index (χ0v) is 10.6. The Hall–Kier alpha value is -1.52. The third-order valence-corrected chi connectivity index (χ3v) is 2.69. The van der Waals surface area contributed by atoms with E-state index in [1.165, 1.54) is 0 Å². The van der Waals surface area contributed by atoms with Crippen LogP contribution < -0.4 is 0 Å². The third-order valence-electron chi connectivity index (χ3n) is 2.48. The molecule has 3 nitrogen and oxygen atoms in total. The van der Waals surface area contributed by atoms with Gasteiger partial charge >= 0.3 is 0 Å². The first-order valence-electron chi connectivity index (χ1n) is 5.36. The van der Waals surface area contributed by atoms with Crippen molar-refractivity contribution in [1.29, 1.82) is 0 Å². The average Bonchev–Trinajstić information content (AvgIpc) is 2.30. The molecule has 88 valence electrons. The number of hydrogen-bond acceptors (Lipinski definition) is 3. The first-order chi connectivity index (χ1) is 8.20. The zero-order chi connectivity index (χ0) is 12.3. The first-order valence-corrected chi connectivity index (χ1v) is 5.77. The molecule has 1 aromatic heterocycles. The summed E-state index contributed by atoms with van der Waals surface area (Å²) in [6.45, 7) is 1.96. The lowest BCUT2D eigenvalue weighted by molar-refractivity contribution is 0.129. The smallest absolute Gasteiger partial charge is 0.141 e. The Balaban J connectivity index is 2.46. The van der Waals surface area contributed by atoms with Crippen LogP contribution in [0, 0.1) is 11.6 Å². The van der Waals surface area contributed by atoms with Crippen molar-refractivity contribution in [3.63, 3.8) is 0 Å². The summed E-state index contributed by atoms with van der Waals surface area (Å²) in [5.74, 6) is 0.740. The molecular formula is C13H14N2OS. The van der Waals surface area contributed by atoms with Crippen LogP contribution in [0.4, 0.5) is 0 Å². The van der Waals surface area contributed by atoms with Gasteiger partial charge in [-0.1, -0.05) is 42.5 Å². The van der Waals surface area contributed by atoms with Crippen molar-refractivity contribution in [3.05, 3.63) is 58.1 Å². The molecule has 1 atom stereocenters. The van der Waals surface area contributed by atoms with E-state index >= 15 is 0 Å². The van der Waals surface area contributed by atoms with E-state index < -0.39 is 0 Å². The maximum Gasteiger partial charge on any atom is 0.141 e. The molecule has 0 saturated heterocycles. The molecule has 0 aliphatic heterocycles. The van der Waals surface area contributed by atoms with Gasteiger partial charge in [0.05, 0.1) is 0 Å². The number of methoxy groups -OCH3 is 1. The highest BCUT2D eigenvalue weighted by atomic mass is 32.1. The van der Waals surface area contributed by atoms with Gasteiger partial charge in [0.15, 0.2) is 0 Å². The van der Waals surface area contributed by atoms with Crippen molar-refractivity contribution in [2.75, 3.05) is 7.11 Å². The topological polar surface area (TPSA) is 37.9 Å². The molecule has 4 heteroatoms. The van der Waals surface area contributed by atoms with Crippen LogP contribution in [0.3, 0.4) is 0 Å². The SMILES string of the molecule is COC(c1ccccc1)c1nc(=S)cc(C)[nH]1. The second-order valence-electron chi connectivity index (χ2n) is 3.81. The molecule has 0 aliphatic rings. The van der Waals surface area contributed by atoms with E-state index in [0.717, 1.165) is 17.1 Å². The lowest BCUT2D eigenvalue weighted by Gasteiger charge is -2.15. The highest BCUT2D eigenvalue weighted by molar-refractivity contribution is 7.71. The van der Waals surface area contributed by atoms with Crippen molar-refractivity contribution in [3.8, 4) is 0 Å². The summed E-state index contributed by atoms with van der Waals surface area (Å²) >= 11 is 5.12. The predicted molar refractivity (Wildman–Crippen MR) is 69.5 cm³/mol. The lowest BCUT2D eigenvalue weighted by Crippen LogP contribution is -2.09. The number of benzene rings is 1. The minimum absolute atomic E-state index is 0.210. The first kappa shape index (κ1) is 12.0. The van der Waals surface area contributed by atoms with Gasteiger partial charge in [0.1, 0.15) is 16.6 Å². The Morgan fingerprint density at radius 3 is 2.59 bits per heavy atom. The standard InChI is InChI=1S/C13H14N2OS/c1-9-8-11(17)15-13(14-9)12(16-2)10-6-4-3-5-7-10/h3-8,12H,1-2H3,(H,14,15,17). The molecule has 2 aromatic rings. The summed E-state index contributed by atoms with van der Waals surface area (Å²) < 4.78 is 6.07. The molecular weight excluding hydrogens is 232 g/mol. The molecule has 1 N–H and O–H groups in total. The fraction of sp³-hybridized carbons (Fsp3) is 0.231. The van der Waals surface area contributed by atoms with Crippen molar-refractivity contribution in [2.24, 2.45) is 0 Å². The largest absolute Gasteiger partial charge is 0.369 e. The zero-order valence-electron chi connectivity index (χ0n) is 9.81. The number of aromatic amines is 1. The van der Waals surface area contributed by atoms with Gasteiger partial charge in [0.25, 0.3) is 0 Å². The Labute approximate surface area is 105 Å². The van der Waals surface area contributed by atoms with Gasteiger partial charge in [-0.15, -0.1) is 0 Å². The monoisotopic (exact) mass is 246 g/mol. The molecule has 1 heterocycles. The van der Waals surface area contributed by atoms with Gasteiger partial charge in [-0.25, -0.2) is 4.98 Å². The van der Waals surface area contributed by atoms with Gasteiger partial charge < -0.3 is 9.72 Å². The maximum absolute atomic E-state index is 5.49. The van der Waals surface area contributed by atoms with Gasteiger partial charge in [-0.05, 0) is 18.6 Å². The molecule has 0 fully saturated rings. The maximum atomic E-state index is 5.49. The van der Waals surface area contributed by atoms with E-state index in [-0.39, 0.29) is 6.10 Å². The van der Waals surface area contributed by atoms with Crippen LogP contribution in [-0.4, -0.2) is 17.1 Å². The van der Waals surface area contributed by atoms with Crippen molar-refractivity contribution in [1.82, 2.24) is 9.97 Å². The minimum atomic E-state index is -0.210. The molecule has 0 spiro atoms. The lowest BCUT2D eigenvalue weighted by atomic mass is 10.1. The Morgan fingerprint density at radius 1 is 1.29 bits per heavy atom. The van der Waals surface area contributed by atoms with Crippen molar-refractivity contribution >= 4 is 12.2 Å². The van der Waals surface area contributed by atoms with Gasteiger partial charge in [-0.3, -0.25) is 0 Å². The van der Waals surface area contributed by atoms with E-state index in [0.29, 0.717) is 4.64 Å². The van der Waals surface area contributed by atoms with Crippen molar-refractivity contribution < 1.29 is 4.74 Å². The fourth-order valence-electron chi connectivity index (χ4n) is 1.76. The average molecular weight is 246 g/mol. The van der Waals surface area contributed by atoms with E-state index in [2.05, 4.69) is 9.97 Å². The highest BCUT2D eigenvalue weighted by Gasteiger charge is 2.15. The fourth-order valence-corrected chi connectivity index (χ4v) is 2.03. The number of nitrogens with zero attached hydrogens (tertiary/aromatic N) is 1. The molecule has 0 saturated carbocycles. The van der Waals surface area contributed by atoms with Crippen LogP contribution >= 0.6 is 12.2 Å². The van der Waals surface area contributed by atoms with E-state index in [1.54, 1.807) is 7.11 Å². The highest BCUT2D eigenvalue weighted by Crippen LogP contribution is 2.22. The summed E-state index contributed by atoms with van der Waals surface area (Å²) in [7, 11) is 1.67. The number of hydrogen-bond donors (Lipinski definition) is 1. The molecule has 0 aliphatic carbocycles. The molecule has 1 aromatic carbocycles.